The van der Waals surface area contributed by atoms with E-state index in [2.05, 4.69) is 170 Å². The predicted molar refractivity (Wildman–Crippen MR) is 237 cm³/mol. The van der Waals surface area contributed by atoms with Gasteiger partial charge in [0.2, 0.25) is 0 Å². The topological polar surface area (TPSA) is 17.1 Å². The molecule has 1 nitrogen and oxygen atoms in total. The summed E-state index contributed by atoms with van der Waals surface area (Å²) >= 11 is 0. The fourth-order valence-corrected chi connectivity index (χ4v) is 18.3. The molecule has 3 atom stereocenters. The maximum atomic E-state index is 20.1. The SMILES string of the molecule is CC(C)(C)c1cc(C(C)(C)C)c(C2=P(F)(C(C)(C)C)C(c3c(C(C)(C)C)cc(C(C)(C)C)cc3C(C)(C)C)P2C(=O)c2ccccc2)c(C(C)(C)C)c1. The quantitative estimate of drug-likeness (QED) is 0.242. The third kappa shape index (κ3) is 8.13. The van der Waals surface area contributed by atoms with Gasteiger partial charge in [0.05, 0.1) is 12.6 Å². The van der Waals surface area contributed by atoms with E-state index in [4.69, 9.17) is 0 Å². The summed E-state index contributed by atoms with van der Waals surface area (Å²) in [6, 6.07) is 19.2. The molecule has 0 amide bonds. The highest BCUT2D eigenvalue weighted by atomic mass is 31.3. The van der Waals surface area contributed by atoms with Gasteiger partial charge in [-0.15, -0.1) is 0 Å². The van der Waals surface area contributed by atoms with E-state index in [-0.39, 0.29) is 38.0 Å². The zero-order valence-electron chi connectivity index (χ0n) is 37.5. The third-order valence-corrected chi connectivity index (χ3v) is 20.1. The molecule has 53 heavy (non-hydrogen) atoms. The second-order valence-electron chi connectivity index (χ2n) is 23.0. The largest absolute Gasteiger partial charge is 0.289 e. The average molecular weight is 759 g/mol. The zero-order valence-corrected chi connectivity index (χ0v) is 39.2. The van der Waals surface area contributed by atoms with Crippen molar-refractivity contribution in [2.24, 2.45) is 0 Å². The fourth-order valence-electron chi connectivity index (χ4n) is 7.80. The lowest BCUT2D eigenvalue weighted by Gasteiger charge is -2.55. The van der Waals surface area contributed by atoms with E-state index in [9.17, 15) is 0 Å². The summed E-state index contributed by atoms with van der Waals surface area (Å²) in [4.78, 5) is 15.6. The van der Waals surface area contributed by atoms with Crippen molar-refractivity contribution in [3.63, 3.8) is 0 Å². The molecule has 3 aromatic carbocycles. The van der Waals surface area contributed by atoms with Crippen LogP contribution in [0.1, 0.15) is 206 Å². The molecule has 4 rings (SSSR count). The van der Waals surface area contributed by atoms with Crippen LogP contribution in [0, 0.1) is 0 Å². The lowest BCUT2D eigenvalue weighted by molar-refractivity contribution is 0.108. The van der Waals surface area contributed by atoms with Crippen molar-refractivity contribution in [2.75, 3.05) is 0 Å². The van der Waals surface area contributed by atoms with Crippen molar-refractivity contribution in [1.82, 2.24) is 0 Å². The summed E-state index contributed by atoms with van der Waals surface area (Å²) in [5.41, 5.74) is 8.85. The van der Waals surface area contributed by atoms with E-state index in [0.29, 0.717) is 5.56 Å². The second-order valence-corrected chi connectivity index (χ2v) is 29.4. The Morgan fingerprint density at radius 3 is 1.17 bits per heavy atom. The molecule has 4 heteroatoms. The molecule has 3 aromatic rings. The molecular formula is C49H73FOP2. The molecule has 0 aromatic heterocycles. The Kier molecular flexibility index (Phi) is 11.2. The lowest BCUT2D eigenvalue weighted by atomic mass is 9.72. The minimum atomic E-state index is -3.59. The van der Waals surface area contributed by atoms with Crippen LogP contribution < -0.4 is 0 Å². The Bertz CT molecular complexity index is 1860. The van der Waals surface area contributed by atoms with Crippen molar-refractivity contribution < 1.29 is 8.99 Å². The first-order valence-corrected chi connectivity index (χ1v) is 23.0. The van der Waals surface area contributed by atoms with Gasteiger partial charge in [-0.1, -0.05) is 200 Å². The van der Waals surface area contributed by atoms with E-state index in [0.717, 1.165) is 27.3 Å². The van der Waals surface area contributed by atoms with Gasteiger partial charge in [0.1, 0.15) is 0 Å². The highest BCUT2D eigenvalue weighted by molar-refractivity contribution is 8.16. The third-order valence-electron chi connectivity index (χ3n) is 11.1. The van der Waals surface area contributed by atoms with Crippen LogP contribution in [0.5, 0.6) is 0 Å². The highest BCUT2D eigenvalue weighted by Gasteiger charge is 2.62. The molecule has 0 N–H and O–H groups in total. The molecule has 292 valence electrons. The Morgan fingerprint density at radius 1 is 0.528 bits per heavy atom. The summed E-state index contributed by atoms with van der Waals surface area (Å²) in [5, 5.41) is -0.377. The van der Waals surface area contributed by atoms with Crippen molar-refractivity contribution in [1.29, 1.82) is 0 Å². The first-order valence-electron chi connectivity index (χ1n) is 19.8. The Balaban J connectivity index is 2.43. The minimum Gasteiger partial charge on any atom is -0.289 e. The molecule has 1 aliphatic heterocycles. The summed E-state index contributed by atoms with van der Waals surface area (Å²) in [6.07, 6.45) is 0. The molecule has 0 aliphatic carbocycles. The zero-order chi connectivity index (χ0) is 40.9. The highest BCUT2D eigenvalue weighted by Crippen LogP contribution is 2.93. The van der Waals surface area contributed by atoms with Gasteiger partial charge in [-0.3, -0.25) is 4.79 Å². The lowest BCUT2D eigenvalue weighted by Crippen LogP contribution is -2.37. The summed E-state index contributed by atoms with van der Waals surface area (Å²) in [7, 11) is -5.24. The van der Waals surface area contributed by atoms with E-state index < -0.39 is 25.7 Å². The van der Waals surface area contributed by atoms with Crippen LogP contribution >= 0.6 is 15.1 Å². The second kappa shape index (κ2) is 13.6. The Labute approximate surface area is 326 Å². The standard InChI is InChI=1S/C49H73FOP2/c1-43(2,3)32-27-34(45(7,8)9)38(35(28-32)46(10,11)12)41-52(40(51)31-25-23-22-24-26-31)42(53(41,50)49(19,20)21)39-36(47(13,14)15)29-33(44(4,5)6)30-37(39)48(16,17)18/h22-30,41H,1-21H3. The maximum Gasteiger partial charge on any atom is 0.189 e. The van der Waals surface area contributed by atoms with E-state index >= 15 is 8.99 Å². The molecule has 0 saturated heterocycles. The molecule has 1 heterocycles. The number of halogens is 1. The molecule has 0 spiro atoms. The van der Waals surface area contributed by atoms with Gasteiger partial charge in [-0.05, 0) is 77.0 Å². The van der Waals surface area contributed by atoms with Crippen molar-refractivity contribution >= 4 is 25.7 Å². The Morgan fingerprint density at radius 2 is 0.868 bits per heavy atom. The molecule has 0 saturated carbocycles. The molecule has 3 unspecified atom stereocenters. The normalized spacial score (nSPS) is 20.8. The summed E-state index contributed by atoms with van der Waals surface area (Å²) < 4.78 is 20.1. The van der Waals surface area contributed by atoms with Crippen LogP contribution in [-0.2, 0) is 32.5 Å². The van der Waals surface area contributed by atoms with Crippen molar-refractivity contribution in [2.45, 2.75) is 188 Å². The first-order chi connectivity index (χ1) is 23.6. The number of hydrogen-bond acceptors (Lipinski definition) is 1. The van der Waals surface area contributed by atoms with Crippen molar-refractivity contribution in [3.05, 3.63) is 105 Å². The van der Waals surface area contributed by atoms with E-state index in [1.54, 1.807) is 0 Å². The van der Waals surface area contributed by atoms with Crippen molar-refractivity contribution in [3.8, 4) is 0 Å². The van der Waals surface area contributed by atoms with Gasteiger partial charge in [0.15, 0.2) is 5.52 Å². The number of rotatable bonds is 4. The van der Waals surface area contributed by atoms with Crippen LogP contribution in [0.4, 0.5) is 4.20 Å². The van der Waals surface area contributed by atoms with Crippen LogP contribution in [-0.4, -0.2) is 15.7 Å². The molecular weight excluding hydrogens is 685 g/mol. The van der Waals surface area contributed by atoms with E-state index in [1.165, 1.54) is 22.3 Å². The van der Waals surface area contributed by atoms with Crippen LogP contribution in [0.2, 0.25) is 0 Å². The van der Waals surface area contributed by atoms with Crippen LogP contribution in [0.3, 0.4) is 0 Å². The van der Waals surface area contributed by atoms with Crippen LogP contribution in [0.15, 0.2) is 54.6 Å². The monoisotopic (exact) mass is 759 g/mol. The molecule has 1 aliphatic rings. The number of carbonyl (C=O) groups excluding carboxylic acids is 1. The smallest absolute Gasteiger partial charge is 0.189 e. The van der Waals surface area contributed by atoms with E-state index in [1.807, 2.05) is 30.3 Å². The molecule has 0 bridgehead atoms. The summed E-state index contributed by atoms with van der Waals surface area (Å²) in [5.74, 6) is 0. The first kappa shape index (κ1) is 43.7. The van der Waals surface area contributed by atoms with Gasteiger partial charge < -0.3 is 0 Å². The summed E-state index contributed by atoms with van der Waals surface area (Å²) in [6.45, 7) is 47.1. The number of benzene rings is 3. The van der Waals surface area contributed by atoms with Gasteiger partial charge in [0.25, 0.3) is 0 Å². The Hall–Kier alpha value is -2.01. The van der Waals surface area contributed by atoms with Gasteiger partial charge in [-0.2, -0.15) is 0 Å². The molecule has 0 radical (unpaired) electrons. The van der Waals surface area contributed by atoms with Gasteiger partial charge in [0, 0.05) is 23.7 Å². The molecule has 0 fully saturated rings. The predicted octanol–water partition coefficient (Wildman–Crippen LogP) is 15.7. The average Bonchev–Trinajstić information content (AvgIpc) is 2.95. The minimum absolute atomic E-state index is 0.0932. The maximum absolute atomic E-state index is 20.1. The number of carbonyl (C=O) groups is 1. The number of hydrogen-bond donors (Lipinski definition) is 0. The van der Waals surface area contributed by atoms with Gasteiger partial charge >= 0.3 is 0 Å². The fraction of sp³-hybridized carbons (Fsp3) is 0.592. The van der Waals surface area contributed by atoms with Gasteiger partial charge in [-0.25, -0.2) is 4.20 Å². The van der Waals surface area contributed by atoms with Crippen LogP contribution in [0.25, 0.3) is 0 Å².